The third-order valence-electron chi connectivity index (χ3n) is 3.76. The summed E-state index contributed by atoms with van der Waals surface area (Å²) in [6.45, 7) is 0.554. The first-order valence-electron chi connectivity index (χ1n) is 6.90. The first-order valence-corrected chi connectivity index (χ1v) is 7.33. The topological polar surface area (TPSA) is 29.1 Å². The van der Waals surface area contributed by atoms with Crippen LogP contribution in [0.1, 0.15) is 31.2 Å². The van der Waals surface area contributed by atoms with Crippen molar-refractivity contribution in [3.8, 4) is 0 Å². The molecular formula is C15H18ClF2NO. The van der Waals surface area contributed by atoms with Crippen molar-refractivity contribution >= 4 is 17.5 Å². The van der Waals surface area contributed by atoms with Crippen LogP contribution < -0.4 is 5.32 Å². The van der Waals surface area contributed by atoms with E-state index in [0.717, 1.165) is 37.8 Å². The van der Waals surface area contributed by atoms with E-state index in [1.807, 2.05) is 0 Å². The Morgan fingerprint density at radius 1 is 1.20 bits per heavy atom. The lowest BCUT2D eigenvalue weighted by atomic mass is 9.89. The molecule has 1 saturated carbocycles. The summed E-state index contributed by atoms with van der Waals surface area (Å²) >= 11 is 6.02. The zero-order chi connectivity index (χ0) is 14.5. The molecule has 0 heterocycles. The fraction of sp³-hybridized carbons (Fsp3) is 0.533. The fourth-order valence-corrected chi connectivity index (χ4v) is 2.76. The van der Waals surface area contributed by atoms with Gasteiger partial charge >= 0.3 is 0 Å². The van der Waals surface area contributed by atoms with Gasteiger partial charge in [0.25, 0.3) is 0 Å². The minimum atomic E-state index is -0.678. The van der Waals surface area contributed by atoms with Crippen LogP contribution in [0, 0.1) is 17.6 Å². The zero-order valence-corrected chi connectivity index (χ0v) is 11.9. The van der Waals surface area contributed by atoms with Crippen molar-refractivity contribution in [3.63, 3.8) is 0 Å². The Balaban J connectivity index is 1.81. The molecule has 0 aromatic heterocycles. The van der Waals surface area contributed by atoms with Crippen LogP contribution in [-0.2, 0) is 11.2 Å². The van der Waals surface area contributed by atoms with E-state index in [1.54, 1.807) is 0 Å². The minimum absolute atomic E-state index is 0.172. The van der Waals surface area contributed by atoms with Gasteiger partial charge in [-0.3, -0.25) is 4.79 Å². The zero-order valence-electron chi connectivity index (χ0n) is 11.2. The van der Waals surface area contributed by atoms with Gasteiger partial charge in [0, 0.05) is 17.5 Å². The van der Waals surface area contributed by atoms with Crippen LogP contribution in [-0.4, -0.2) is 17.8 Å². The molecule has 0 atom stereocenters. The maximum absolute atomic E-state index is 13.4. The van der Waals surface area contributed by atoms with Crippen molar-refractivity contribution in [2.45, 2.75) is 37.5 Å². The van der Waals surface area contributed by atoms with Crippen LogP contribution in [0.4, 0.5) is 8.78 Å². The van der Waals surface area contributed by atoms with E-state index in [-0.39, 0.29) is 23.3 Å². The van der Waals surface area contributed by atoms with Gasteiger partial charge in [-0.1, -0.05) is 6.07 Å². The maximum Gasteiger partial charge on any atom is 0.224 e. The molecule has 2 rings (SSSR count). The molecule has 1 aliphatic rings. The van der Waals surface area contributed by atoms with E-state index < -0.39 is 11.6 Å². The van der Waals surface area contributed by atoms with E-state index in [2.05, 4.69) is 5.32 Å². The van der Waals surface area contributed by atoms with E-state index in [0.29, 0.717) is 12.5 Å². The summed E-state index contributed by atoms with van der Waals surface area (Å²) in [5, 5.41) is 3.00. The number of hydrogen-bond acceptors (Lipinski definition) is 1. The first-order chi connectivity index (χ1) is 9.56. The number of carbonyl (C=O) groups is 1. The molecule has 0 saturated heterocycles. The number of halogens is 3. The fourth-order valence-electron chi connectivity index (χ4n) is 2.51. The third kappa shape index (κ3) is 4.17. The van der Waals surface area contributed by atoms with Crippen LogP contribution >= 0.6 is 11.6 Å². The smallest absolute Gasteiger partial charge is 0.224 e. The van der Waals surface area contributed by atoms with E-state index in [4.69, 9.17) is 11.6 Å². The van der Waals surface area contributed by atoms with Gasteiger partial charge in [-0.15, -0.1) is 11.6 Å². The summed E-state index contributed by atoms with van der Waals surface area (Å²) in [5.41, 5.74) is -0.172. The third-order valence-corrected chi connectivity index (χ3v) is 4.20. The summed E-state index contributed by atoms with van der Waals surface area (Å²) in [4.78, 5) is 11.8. The number of nitrogens with one attached hydrogen (secondary N) is 1. The van der Waals surface area contributed by atoms with Crippen molar-refractivity contribution in [1.82, 2.24) is 5.32 Å². The van der Waals surface area contributed by atoms with E-state index in [1.165, 1.54) is 6.07 Å². The predicted molar refractivity (Wildman–Crippen MR) is 74.7 cm³/mol. The Kier molecular flexibility index (Phi) is 5.35. The van der Waals surface area contributed by atoms with Crippen LogP contribution in [0.25, 0.3) is 0 Å². The second-order valence-electron chi connectivity index (χ2n) is 5.30. The number of benzene rings is 1. The summed E-state index contributed by atoms with van der Waals surface area (Å²) in [5.74, 6) is -1.29. The van der Waals surface area contributed by atoms with Crippen molar-refractivity contribution < 1.29 is 13.6 Å². The van der Waals surface area contributed by atoms with Gasteiger partial charge in [0.05, 0.1) is 6.42 Å². The molecule has 0 bridgehead atoms. The normalized spacial score (nSPS) is 22.6. The first kappa shape index (κ1) is 15.2. The average molecular weight is 302 g/mol. The molecule has 20 heavy (non-hydrogen) atoms. The van der Waals surface area contributed by atoms with Gasteiger partial charge in [0.2, 0.25) is 5.91 Å². The van der Waals surface area contributed by atoms with Gasteiger partial charge in [-0.2, -0.15) is 0 Å². The van der Waals surface area contributed by atoms with Crippen LogP contribution in [0.15, 0.2) is 18.2 Å². The quantitative estimate of drug-likeness (QED) is 0.848. The summed E-state index contributed by atoms with van der Waals surface area (Å²) in [6, 6.07) is 3.61. The van der Waals surface area contributed by atoms with Crippen molar-refractivity contribution in [1.29, 1.82) is 0 Å². The molecule has 1 aliphatic carbocycles. The maximum atomic E-state index is 13.4. The van der Waals surface area contributed by atoms with Gasteiger partial charge < -0.3 is 5.32 Å². The highest BCUT2D eigenvalue weighted by Crippen LogP contribution is 2.27. The molecule has 110 valence electrons. The standard InChI is InChI=1S/C15H18ClF2NO/c16-11-6-4-10(5-7-11)9-19-15(20)8-12-13(17)2-1-3-14(12)18/h1-3,10-11H,4-9H2,(H,19,20). The molecule has 0 unspecified atom stereocenters. The molecule has 1 aromatic carbocycles. The Hall–Kier alpha value is -1.16. The Bertz CT molecular complexity index is 453. The largest absolute Gasteiger partial charge is 0.356 e. The monoisotopic (exact) mass is 301 g/mol. The van der Waals surface area contributed by atoms with Crippen molar-refractivity contribution in [3.05, 3.63) is 35.4 Å². The molecule has 1 aromatic rings. The number of rotatable bonds is 4. The van der Waals surface area contributed by atoms with Crippen molar-refractivity contribution in [2.75, 3.05) is 6.54 Å². The number of hydrogen-bond donors (Lipinski definition) is 1. The van der Waals surface area contributed by atoms with Gasteiger partial charge in [-0.05, 0) is 43.7 Å². The van der Waals surface area contributed by atoms with Gasteiger partial charge in [-0.25, -0.2) is 8.78 Å². The highest BCUT2D eigenvalue weighted by atomic mass is 35.5. The molecule has 1 amide bonds. The second kappa shape index (κ2) is 7.02. The molecule has 1 N–H and O–H groups in total. The molecule has 2 nitrogen and oxygen atoms in total. The van der Waals surface area contributed by atoms with E-state index in [9.17, 15) is 13.6 Å². The molecule has 1 fully saturated rings. The summed E-state index contributed by atoms with van der Waals surface area (Å²) in [7, 11) is 0. The number of alkyl halides is 1. The lowest BCUT2D eigenvalue weighted by Gasteiger charge is -2.25. The van der Waals surface area contributed by atoms with Crippen LogP contribution in [0.3, 0.4) is 0 Å². The molecule has 5 heteroatoms. The predicted octanol–water partition coefficient (Wildman–Crippen LogP) is 3.42. The number of carbonyl (C=O) groups excluding carboxylic acids is 1. The Morgan fingerprint density at radius 2 is 1.80 bits per heavy atom. The lowest BCUT2D eigenvalue weighted by Crippen LogP contribution is -2.32. The van der Waals surface area contributed by atoms with E-state index >= 15 is 0 Å². The Labute approximate surface area is 122 Å². The van der Waals surface area contributed by atoms with Crippen LogP contribution in [0.5, 0.6) is 0 Å². The Morgan fingerprint density at radius 3 is 2.40 bits per heavy atom. The summed E-state index contributed by atoms with van der Waals surface area (Å²) < 4.78 is 26.8. The summed E-state index contributed by atoms with van der Waals surface area (Å²) in [6.07, 6.45) is 3.64. The molecule has 0 aliphatic heterocycles. The molecule has 0 spiro atoms. The van der Waals surface area contributed by atoms with Gasteiger partial charge in [0.15, 0.2) is 0 Å². The highest BCUT2D eigenvalue weighted by molar-refractivity contribution is 6.20. The van der Waals surface area contributed by atoms with Crippen molar-refractivity contribution in [2.24, 2.45) is 5.92 Å². The second-order valence-corrected chi connectivity index (χ2v) is 5.92. The highest BCUT2D eigenvalue weighted by Gasteiger charge is 2.20. The lowest BCUT2D eigenvalue weighted by molar-refractivity contribution is -0.120. The minimum Gasteiger partial charge on any atom is -0.356 e. The average Bonchev–Trinajstić information content (AvgIpc) is 2.42. The SMILES string of the molecule is O=C(Cc1c(F)cccc1F)NCC1CCC(Cl)CC1. The van der Waals surface area contributed by atoms with Crippen LogP contribution in [0.2, 0.25) is 0 Å². The van der Waals surface area contributed by atoms with Gasteiger partial charge in [0.1, 0.15) is 11.6 Å². The number of amides is 1. The molecular weight excluding hydrogens is 284 g/mol. The molecule has 0 radical (unpaired) electrons.